The highest BCUT2D eigenvalue weighted by molar-refractivity contribution is 5.79. The number of carbonyl (C=O) groups is 4. The number of ether oxygens (including phenoxy) is 2. The summed E-state index contributed by atoms with van der Waals surface area (Å²) in [5.41, 5.74) is 21.7. The van der Waals surface area contributed by atoms with Gasteiger partial charge in [0.25, 0.3) is 0 Å². The van der Waals surface area contributed by atoms with Crippen LogP contribution in [0.1, 0.15) is 19.5 Å². The number of H-pyrrole nitrogens is 1. The molecule has 0 fully saturated rings. The summed E-state index contributed by atoms with van der Waals surface area (Å²) in [7, 11) is 0. The van der Waals surface area contributed by atoms with Crippen molar-refractivity contribution >= 4 is 23.9 Å². The van der Waals surface area contributed by atoms with Crippen molar-refractivity contribution in [2.75, 3.05) is 6.54 Å². The number of nitrogens with two attached hydrogens (primary N) is 4. The maximum absolute atomic E-state index is 11.6. The lowest BCUT2D eigenvalue weighted by molar-refractivity contribution is -0.160. The first-order valence-electron chi connectivity index (χ1n) is 8.70. The number of carbonyl (C=O) groups excluding carboxylic acids is 2. The largest absolute Gasteiger partial charge is 0.480 e. The van der Waals surface area contributed by atoms with E-state index in [9.17, 15) is 19.2 Å². The lowest BCUT2D eigenvalue weighted by Gasteiger charge is -2.22. The molecule has 0 saturated heterocycles. The molecule has 0 unspecified atom stereocenters. The van der Waals surface area contributed by atoms with Gasteiger partial charge in [-0.15, -0.1) is 0 Å². The van der Waals surface area contributed by atoms with Gasteiger partial charge in [0.1, 0.15) is 30.3 Å². The van der Waals surface area contributed by atoms with Gasteiger partial charge in [0.05, 0.1) is 18.6 Å². The molecule has 1 aromatic rings. The van der Waals surface area contributed by atoms with Gasteiger partial charge in [-0.1, -0.05) is 0 Å². The molecule has 0 aliphatic heterocycles. The number of hydrogen-bond acceptors (Lipinski definition) is 11. The van der Waals surface area contributed by atoms with Gasteiger partial charge in [0, 0.05) is 12.6 Å². The first kappa shape index (κ1) is 26.9. The van der Waals surface area contributed by atoms with Gasteiger partial charge in [0.2, 0.25) is 0 Å². The summed E-state index contributed by atoms with van der Waals surface area (Å²) in [5.74, 6) is -3.95. The molecular formula is C16H28N6O8. The fraction of sp³-hybridized carbons (Fsp3) is 0.562. The Morgan fingerprint density at radius 2 is 1.60 bits per heavy atom. The summed E-state index contributed by atoms with van der Waals surface area (Å²) in [6.45, 7) is 2.37. The fourth-order valence-corrected chi connectivity index (χ4v) is 1.77. The number of aliphatic carboxylic acids is 2. The number of carboxylic acids is 2. The Bertz CT molecular complexity index is 698. The van der Waals surface area contributed by atoms with Crippen LogP contribution in [0.2, 0.25) is 0 Å². The van der Waals surface area contributed by atoms with Crippen LogP contribution in [-0.4, -0.2) is 80.9 Å². The summed E-state index contributed by atoms with van der Waals surface area (Å²) >= 11 is 0. The maximum Gasteiger partial charge on any atom is 0.327 e. The molecule has 0 spiro atoms. The van der Waals surface area contributed by atoms with Gasteiger partial charge in [-0.05, 0) is 13.8 Å². The zero-order valence-electron chi connectivity index (χ0n) is 16.6. The summed E-state index contributed by atoms with van der Waals surface area (Å²) in [6, 6.07) is -3.48. The van der Waals surface area contributed by atoms with Crippen molar-refractivity contribution in [3.05, 3.63) is 18.2 Å². The van der Waals surface area contributed by atoms with Gasteiger partial charge >= 0.3 is 23.9 Å². The number of esters is 2. The number of aromatic nitrogens is 2. The first-order chi connectivity index (χ1) is 13.9. The molecule has 1 heterocycles. The van der Waals surface area contributed by atoms with Crippen LogP contribution in [-0.2, 0) is 35.1 Å². The minimum absolute atomic E-state index is 0.263. The summed E-state index contributed by atoms with van der Waals surface area (Å²) < 4.78 is 9.51. The smallest absolute Gasteiger partial charge is 0.327 e. The molecular weight excluding hydrogens is 404 g/mol. The van der Waals surface area contributed by atoms with E-state index < -0.39 is 54.2 Å². The topological polar surface area (TPSA) is 260 Å². The highest BCUT2D eigenvalue weighted by atomic mass is 16.6. The van der Waals surface area contributed by atoms with E-state index in [1.54, 1.807) is 6.20 Å². The van der Waals surface area contributed by atoms with E-state index in [2.05, 4.69) is 9.97 Å². The molecule has 1 rings (SSSR count). The van der Waals surface area contributed by atoms with Crippen LogP contribution >= 0.6 is 0 Å². The second-order valence-electron chi connectivity index (χ2n) is 6.14. The summed E-state index contributed by atoms with van der Waals surface area (Å²) in [5, 5.41) is 17.1. The van der Waals surface area contributed by atoms with Crippen molar-refractivity contribution in [2.24, 2.45) is 22.9 Å². The predicted molar refractivity (Wildman–Crippen MR) is 102 cm³/mol. The highest BCUT2D eigenvalue weighted by Gasteiger charge is 2.30. The van der Waals surface area contributed by atoms with Crippen LogP contribution in [0.5, 0.6) is 0 Å². The molecule has 14 nitrogen and oxygen atoms in total. The molecule has 0 saturated carbocycles. The molecule has 0 amide bonds. The molecule has 0 aliphatic carbocycles. The number of nitrogens with one attached hydrogen (secondary N) is 1. The third-order valence-electron chi connectivity index (χ3n) is 3.66. The maximum atomic E-state index is 11.6. The van der Waals surface area contributed by atoms with Gasteiger partial charge in [-0.3, -0.25) is 19.2 Å². The van der Waals surface area contributed by atoms with Crippen molar-refractivity contribution in [1.29, 1.82) is 0 Å². The number of nitrogens with zero attached hydrogens (tertiary/aromatic N) is 1. The third-order valence-corrected chi connectivity index (χ3v) is 3.66. The molecule has 5 atom stereocenters. The van der Waals surface area contributed by atoms with Crippen LogP contribution in [0, 0.1) is 0 Å². The minimum atomic E-state index is -1.36. The van der Waals surface area contributed by atoms with Crippen LogP contribution < -0.4 is 22.9 Å². The molecule has 0 aliphatic rings. The molecule has 11 N–H and O–H groups in total. The van der Waals surface area contributed by atoms with Gasteiger partial charge < -0.3 is 47.6 Å². The Labute approximate surface area is 171 Å². The van der Waals surface area contributed by atoms with Crippen LogP contribution in [0.25, 0.3) is 0 Å². The van der Waals surface area contributed by atoms with E-state index in [0.717, 1.165) is 0 Å². The highest BCUT2D eigenvalue weighted by Crippen LogP contribution is 2.04. The molecule has 14 heteroatoms. The molecule has 0 bridgehead atoms. The van der Waals surface area contributed by atoms with E-state index in [0.29, 0.717) is 5.69 Å². The van der Waals surface area contributed by atoms with Crippen molar-refractivity contribution in [1.82, 2.24) is 9.97 Å². The number of rotatable bonds is 10. The number of aromatic amines is 1. The summed E-state index contributed by atoms with van der Waals surface area (Å²) in [4.78, 5) is 49.9. The number of hydrogen-bond donors (Lipinski definition) is 7. The zero-order chi connectivity index (χ0) is 23.4. The average molecular weight is 432 g/mol. The van der Waals surface area contributed by atoms with Crippen molar-refractivity contribution < 1.29 is 38.9 Å². The Morgan fingerprint density at radius 1 is 1.03 bits per heavy atom. The lowest BCUT2D eigenvalue weighted by Crippen LogP contribution is -2.49. The van der Waals surface area contributed by atoms with E-state index in [1.165, 1.54) is 20.2 Å². The van der Waals surface area contributed by atoms with Gasteiger partial charge in [0.15, 0.2) is 0 Å². The van der Waals surface area contributed by atoms with Gasteiger partial charge in [-0.25, -0.2) is 4.98 Å². The number of carboxylic acid groups (broad SMARTS) is 2. The Kier molecular flexibility index (Phi) is 11.9. The molecule has 0 radical (unpaired) electrons. The number of imidazole rings is 1. The normalized spacial score (nSPS) is 15.4. The monoisotopic (exact) mass is 432 g/mol. The molecule has 1 aromatic heterocycles. The SMILES string of the molecule is C[C@@H](OC(=O)[C@@H](N)[C@@H](C)OC(=O)CN)[C@H](N)C(=O)O.N[C@@H](Cc1c[nH]cn1)C(=O)O. The first-order valence-corrected chi connectivity index (χ1v) is 8.70. The van der Waals surface area contributed by atoms with Crippen molar-refractivity contribution in [3.8, 4) is 0 Å². The van der Waals surface area contributed by atoms with Crippen LogP contribution in [0.3, 0.4) is 0 Å². The second-order valence-corrected chi connectivity index (χ2v) is 6.14. The molecule has 170 valence electrons. The van der Waals surface area contributed by atoms with E-state index in [-0.39, 0.29) is 13.0 Å². The van der Waals surface area contributed by atoms with E-state index in [4.69, 9.17) is 42.6 Å². The summed E-state index contributed by atoms with van der Waals surface area (Å²) in [6.07, 6.45) is 1.37. The standard InChI is InChI=1S/C10H19N3O6.C6H9N3O2/c1-4(7(12)9(15)16)19-10(17)8(13)5(2)18-6(14)3-11;7-5(6(10)11)1-4-2-8-3-9-4/h4-5,7-8H,3,11-13H2,1-2H3,(H,15,16);2-3,5H,1,7H2,(H,8,9)(H,10,11)/t4-,5-,7+,8+;5-/m10/s1. The quantitative estimate of drug-likeness (QED) is 0.181. The third kappa shape index (κ3) is 9.92. The molecule has 30 heavy (non-hydrogen) atoms. The van der Waals surface area contributed by atoms with Crippen molar-refractivity contribution in [3.63, 3.8) is 0 Å². The molecule has 0 aromatic carbocycles. The predicted octanol–water partition coefficient (Wildman–Crippen LogP) is -3.09. The van der Waals surface area contributed by atoms with Crippen LogP contribution in [0.4, 0.5) is 0 Å². The van der Waals surface area contributed by atoms with Gasteiger partial charge in [-0.2, -0.15) is 0 Å². The van der Waals surface area contributed by atoms with Crippen molar-refractivity contribution in [2.45, 2.75) is 50.6 Å². The Hall–Kier alpha value is -3.07. The van der Waals surface area contributed by atoms with E-state index >= 15 is 0 Å². The second kappa shape index (κ2) is 13.2. The zero-order valence-corrected chi connectivity index (χ0v) is 16.6. The van der Waals surface area contributed by atoms with E-state index in [1.807, 2.05) is 0 Å². The minimum Gasteiger partial charge on any atom is -0.480 e. The van der Waals surface area contributed by atoms with Crippen LogP contribution in [0.15, 0.2) is 12.5 Å². The lowest BCUT2D eigenvalue weighted by atomic mass is 10.1. The Morgan fingerprint density at radius 3 is 2.03 bits per heavy atom. The average Bonchev–Trinajstić information content (AvgIpc) is 3.19. The fourth-order valence-electron chi connectivity index (χ4n) is 1.77. The Balaban J connectivity index is 0.000000642.